The summed E-state index contributed by atoms with van der Waals surface area (Å²) in [6.07, 6.45) is 68.3. The Morgan fingerprint density at radius 3 is 0.786 bits per heavy atom. The van der Waals surface area contributed by atoms with E-state index in [9.17, 15) is 43.2 Å². The van der Waals surface area contributed by atoms with Crippen LogP contribution in [0.1, 0.15) is 387 Å². The zero-order valence-corrected chi connectivity index (χ0v) is 64.8. The molecule has 0 aromatic heterocycles. The standard InChI is InChI=1S/C79H148O17P2/c1-5-9-13-17-21-25-29-33-36-40-43-47-51-55-59-63-76(81)89-69-74(95-78(83)65-61-57-53-49-45-39-32-28-24-20-16-12-8-4)71-93-97(85,86)91-67-73(80)68-92-98(87,88)94-72-75(96-79(84)66-62-58-54-50-46-42-38-35-31-27-23-19-15-11-7-3)70-90-77(82)64-60-56-52-48-44-41-37-34-30-26-22-18-14-10-6-2/h23,27,34-35,37-38,73-75,80H,5-22,24-26,28-33,36,39-72H2,1-4H3,(H,85,86)(H,87,88)/b27-23-,37-34-,38-35-/t73-,74+,75+/m0/s1. The molecule has 0 saturated carbocycles. The lowest BCUT2D eigenvalue weighted by Crippen LogP contribution is -2.30. The van der Waals surface area contributed by atoms with Gasteiger partial charge in [-0.15, -0.1) is 0 Å². The maximum absolute atomic E-state index is 13.1. The molecule has 0 fully saturated rings. The lowest BCUT2D eigenvalue weighted by atomic mass is 10.0. The average molecular weight is 1430 g/mol. The van der Waals surface area contributed by atoms with Gasteiger partial charge in [-0.1, -0.05) is 315 Å². The summed E-state index contributed by atoms with van der Waals surface area (Å²) in [6, 6.07) is 0. The van der Waals surface area contributed by atoms with Crippen LogP contribution < -0.4 is 0 Å². The van der Waals surface area contributed by atoms with Crippen LogP contribution in [0.4, 0.5) is 0 Å². The van der Waals surface area contributed by atoms with Crippen LogP contribution in [-0.4, -0.2) is 96.7 Å². The Kier molecular flexibility index (Phi) is 70.6. The summed E-state index contributed by atoms with van der Waals surface area (Å²) in [5, 5.41) is 10.6. The van der Waals surface area contributed by atoms with Crippen molar-refractivity contribution in [1.82, 2.24) is 0 Å². The second-order valence-corrected chi connectivity index (χ2v) is 30.3. The first-order valence-corrected chi connectivity index (χ1v) is 43.2. The fraction of sp³-hybridized carbons (Fsp3) is 0.873. The van der Waals surface area contributed by atoms with Crippen molar-refractivity contribution in [1.29, 1.82) is 0 Å². The van der Waals surface area contributed by atoms with Gasteiger partial charge in [0, 0.05) is 25.7 Å². The van der Waals surface area contributed by atoms with Crippen molar-refractivity contribution in [3.05, 3.63) is 36.5 Å². The highest BCUT2D eigenvalue weighted by Gasteiger charge is 2.30. The highest BCUT2D eigenvalue weighted by molar-refractivity contribution is 7.47. The number of carbonyl (C=O) groups is 4. The zero-order valence-electron chi connectivity index (χ0n) is 63.0. The van der Waals surface area contributed by atoms with Crippen molar-refractivity contribution >= 4 is 39.5 Å². The van der Waals surface area contributed by atoms with Gasteiger partial charge >= 0.3 is 39.5 Å². The van der Waals surface area contributed by atoms with Crippen molar-refractivity contribution in [2.24, 2.45) is 0 Å². The van der Waals surface area contributed by atoms with Gasteiger partial charge < -0.3 is 33.8 Å². The molecular weight excluding hydrogens is 1280 g/mol. The smallest absolute Gasteiger partial charge is 0.462 e. The van der Waals surface area contributed by atoms with E-state index in [4.69, 9.17) is 37.0 Å². The van der Waals surface area contributed by atoms with Gasteiger partial charge in [0.25, 0.3) is 0 Å². The lowest BCUT2D eigenvalue weighted by molar-refractivity contribution is -0.161. The maximum atomic E-state index is 13.1. The van der Waals surface area contributed by atoms with E-state index in [0.717, 1.165) is 128 Å². The molecule has 3 N–H and O–H groups in total. The molecule has 2 unspecified atom stereocenters. The Labute approximate surface area is 598 Å². The van der Waals surface area contributed by atoms with Gasteiger partial charge in [0.2, 0.25) is 0 Å². The molecule has 0 amide bonds. The number of allylic oxidation sites excluding steroid dienone is 6. The second-order valence-electron chi connectivity index (χ2n) is 27.4. The number of hydrogen-bond acceptors (Lipinski definition) is 15. The molecule has 0 bridgehead atoms. The number of unbranched alkanes of at least 4 members (excludes halogenated alkanes) is 45. The molecule has 0 aromatic rings. The number of ether oxygens (including phenoxy) is 4. The highest BCUT2D eigenvalue weighted by Crippen LogP contribution is 2.45. The molecule has 98 heavy (non-hydrogen) atoms. The molecule has 17 nitrogen and oxygen atoms in total. The first-order chi connectivity index (χ1) is 47.7. The van der Waals surface area contributed by atoms with Gasteiger partial charge in [-0.3, -0.25) is 37.3 Å². The molecule has 0 spiro atoms. The third-order valence-electron chi connectivity index (χ3n) is 17.6. The maximum Gasteiger partial charge on any atom is 0.472 e. The number of aliphatic hydroxyl groups is 1. The molecule has 0 saturated heterocycles. The minimum Gasteiger partial charge on any atom is -0.462 e. The fourth-order valence-electron chi connectivity index (χ4n) is 11.4. The van der Waals surface area contributed by atoms with E-state index < -0.39 is 97.5 Å². The summed E-state index contributed by atoms with van der Waals surface area (Å²) in [5.41, 5.74) is 0. The Hall–Kier alpha value is -2.72. The van der Waals surface area contributed by atoms with Crippen LogP contribution in [0.3, 0.4) is 0 Å². The number of hydrogen-bond donors (Lipinski definition) is 3. The van der Waals surface area contributed by atoms with Gasteiger partial charge in [0.15, 0.2) is 12.2 Å². The van der Waals surface area contributed by atoms with Gasteiger partial charge in [-0.2, -0.15) is 0 Å². The number of phosphoric acid groups is 2. The molecule has 5 atom stereocenters. The van der Waals surface area contributed by atoms with Gasteiger partial charge in [0.1, 0.15) is 19.3 Å². The first-order valence-electron chi connectivity index (χ1n) is 40.2. The van der Waals surface area contributed by atoms with Crippen LogP contribution in [-0.2, 0) is 65.4 Å². The molecule has 0 aromatic carbocycles. The number of phosphoric ester groups is 2. The summed E-state index contributed by atoms with van der Waals surface area (Å²) < 4.78 is 68.6. The monoisotopic (exact) mass is 1430 g/mol. The third kappa shape index (κ3) is 71.7. The van der Waals surface area contributed by atoms with Crippen LogP contribution >= 0.6 is 15.6 Å². The number of rotatable bonds is 77. The van der Waals surface area contributed by atoms with Crippen molar-refractivity contribution < 1.29 is 80.2 Å². The molecule has 0 rings (SSSR count). The van der Waals surface area contributed by atoms with E-state index in [1.54, 1.807) is 0 Å². The molecule has 0 radical (unpaired) electrons. The van der Waals surface area contributed by atoms with Gasteiger partial charge in [-0.05, 0) is 83.5 Å². The molecule has 0 heterocycles. The van der Waals surface area contributed by atoms with Gasteiger partial charge in [-0.25, -0.2) is 9.13 Å². The summed E-state index contributed by atoms with van der Waals surface area (Å²) >= 11 is 0. The fourth-order valence-corrected chi connectivity index (χ4v) is 13.0. The van der Waals surface area contributed by atoms with E-state index >= 15 is 0 Å². The molecular formula is C79H148O17P2. The average Bonchev–Trinajstić information content (AvgIpc) is 0.984. The Morgan fingerprint density at radius 1 is 0.286 bits per heavy atom. The Balaban J connectivity index is 5.31. The molecule has 19 heteroatoms. The van der Waals surface area contributed by atoms with Gasteiger partial charge in [0.05, 0.1) is 26.4 Å². The molecule has 0 aliphatic carbocycles. The van der Waals surface area contributed by atoms with E-state index in [-0.39, 0.29) is 25.7 Å². The number of carbonyl (C=O) groups excluding carboxylic acids is 4. The molecule has 0 aliphatic rings. The zero-order chi connectivity index (χ0) is 71.8. The quantitative estimate of drug-likeness (QED) is 0.0169. The SMILES string of the molecule is CCCCC/C=C\C/C=C\CCCCCCCC(=O)O[C@H](COC(=O)CCCCCCC/C=C\CCCCCCCC)COP(=O)(O)OC[C@@H](O)COP(=O)(O)OC[C@@H](COC(=O)CCCCCCCCCCCCCCCCC)OC(=O)CCCCCCCCCCCCCCC. The second kappa shape index (κ2) is 72.6. The van der Waals surface area contributed by atoms with Crippen LogP contribution in [0.25, 0.3) is 0 Å². The third-order valence-corrected chi connectivity index (χ3v) is 19.5. The topological polar surface area (TPSA) is 237 Å². The van der Waals surface area contributed by atoms with E-state index in [0.29, 0.717) is 25.7 Å². The summed E-state index contributed by atoms with van der Waals surface area (Å²) in [5.74, 6) is -2.15. The van der Waals surface area contributed by atoms with Crippen molar-refractivity contribution in [2.75, 3.05) is 39.6 Å². The van der Waals surface area contributed by atoms with E-state index in [1.807, 2.05) is 0 Å². The van der Waals surface area contributed by atoms with Crippen molar-refractivity contribution in [3.8, 4) is 0 Å². The summed E-state index contributed by atoms with van der Waals surface area (Å²) in [4.78, 5) is 72.9. The predicted molar refractivity (Wildman–Crippen MR) is 400 cm³/mol. The largest absolute Gasteiger partial charge is 0.472 e. The minimum atomic E-state index is -4.97. The summed E-state index contributed by atoms with van der Waals surface area (Å²) in [6.45, 7) is 4.92. The minimum absolute atomic E-state index is 0.0835. The van der Waals surface area contributed by atoms with E-state index in [1.165, 1.54) is 180 Å². The predicted octanol–water partition coefficient (Wildman–Crippen LogP) is 23.1. The van der Waals surface area contributed by atoms with Crippen LogP contribution in [0, 0.1) is 0 Å². The Morgan fingerprint density at radius 2 is 0.500 bits per heavy atom. The number of esters is 4. The van der Waals surface area contributed by atoms with Crippen LogP contribution in [0.2, 0.25) is 0 Å². The van der Waals surface area contributed by atoms with E-state index in [2.05, 4.69) is 64.2 Å². The first kappa shape index (κ1) is 95.3. The van der Waals surface area contributed by atoms with Crippen molar-refractivity contribution in [3.63, 3.8) is 0 Å². The van der Waals surface area contributed by atoms with Crippen molar-refractivity contribution in [2.45, 2.75) is 406 Å². The normalized spacial score (nSPS) is 14.1. The van der Waals surface area contributed by atoms with Crippen LogP contribution in [0.15, 0.2) is 36.5 Å². The molecule has 576 valence electrons. The Bertz CT molecular complexity index is 2000. The summed E-state index contributed by atoms with van der Waals surface area (Å²) in [7, 11) is -9.93. The molecule has 0 aliphatic heterocycles. The van der Waals surface area contributed by atoms with Crippen LogP contribution in [0.5, 0.6) is 0 Å². The lowest BCUT2D eigenvalue weighted by Gasteiger charge is -2.21. The number of aliphatic hydroxyl groups excluding tert-OH is 1. The highest BCUT2D eigenvalue weighted by atomic mass is 31.2.